The third kappa shape index (κ3) is 3.72. The van der Waals surface area contributed by atoms with Crippen molar-refractivity contribution in [1.29, 1.82) is 0 Å². The highest BCUT2D eigenvalue weighted by atomic mass is 16.2. The molecule has 0 spiro atoms. The summed E-state index contributed by atoms with van der Waals surface area (Å²) < 4.78 is 0. The summed E-state index contributed by atoms with van der Waals surface area (Å²) in [5.41, 5.74) is 0. The van der Waals surface area contributed by atoms with E-state index in [1.54, 1.807) is 6.92 Å². The maximum atomic E-state index is 12.3. The Balaban J connectivity index is 2.69. The number of piperidine rings is 1. The van der Waals surface area contributed by atoms with E-state index >= 15 is 0 Å². The quantitative estimate of drug-likeness (QED) is 0.756. The number of carbonyl (C=O) groups excluding carboxylic acids is 2. The van der Waals surface area contributed by atoms with Crippen LogP contribution in [-0.4, -0.2) is 47.3 Å². The number of ketones is 1. The van der Waals surface area contributed by atoms with Crippen LogP contribution in [0.15, 0.2) is 0 Å². The van der Waals surface area contributed by atoms with Crippen molar-refractivity contribution in [3.05, 3.63) is 0 Å². The van der Waals surface area contributed by atoms with Crippen molar-refractivity contribution in [1.82, 2.24) is 9.80 Å². The smallest absolute Gasteiger partial charge is 0.320 e. The topological polar surface area (TPSA) is 40.6 Å². The van der Waals surface area contributed by atoms with E-state index in [9.17, 15) is 9.59 Å². The third-order valence-corrected chi connectivity index (χ3v) is 3.43. The van der Waals surface area contributed by atoms with Crippen molar-refractivity contribution in [2.24, 2.45) is 0 Å². The number of hydrogen-bond acceptors (Lipinski definition) is 2. The molecule has 0 aromatic rings. The van der Waals surface area contributed by atoms with Gasteiger partial charge >= 0.3 is 6.03 Å². The Morgan fingerprint density at radius 1 is 1.24 bits per heavy atom. The van der Waals surface area contributed by atoms with E-state index in [-0.39, 0.29) is 17.9 Å². The van der Waals surface area contributed by atoms with Crippen LogP contribution in [0.1, 0.15) is 46.5 Å². The molecule has 0 aromatic carbocycles. The van der Waals surface area contributed by atoms with Gasteiger partial charge in [0.25, 0.3) is 0 Å². The van der Waals surface area contributed by atoms with E-state index < -0.39 is 0 Å². The summed E-state index contributed by atoms with van der Waals surface area (Å²) in [6, 6.07) is 0.218. The fourth-order valence-corrected chi connectivity index (χ4v) is 2.47. The van der Waals surface area contributed by atoms with Crippen LogP contribution in [0, 0.1) is 0 Å². The number of hydrogen-bond donors (Lipinski definition) is 0. The van der Waals surface area contributed by atoms with Crippen LogP contribution in [0.4, 0.5) is 4.79 Å². The first kappa shape index (κ1) is 14.0. The third-order valence-electron chi connectivity index (χ3n) is 3.43. The Hall–Kier alpha value is -1.06. The Kier molecular flexibility index (Phi) is 5.45. The summed E-state index contributed by atoms with van der Waals surface area (Å²) >= 11 is 0. The molecule has 17 heavy (non-hydrogen) atoms. The van der Waals surface area contributed by atoms with Crippen molar-refractivity contribution >= 4 is 11.8 Å². The monoisotopic (exact) mass is 240 g/mol. The lowest BCUT2D eigenvalue weighted by Crippen LogP contribution is -2.50. The molecule has 1 aliphatic rings. The van der Waals surface area contributed by atoms with Gasteiger partial charge in [-0.3, -0.25) is 4.79 Å². The summed E-state index contributed by atoms with van der Waals surface area (Å²) in [5, 5.41) is 0. The molecule has 2 amide bonds. The zero-order valence-electron chi connectivity index (χ0n) is 11.2. The van der Waals surface area contributed by atoms with Crippen LogP contribution < -0.4 is 0 Å². The van der Waals surface area contributed by atoms with Gasteiger partial charge in [0, 0.05) is 32.1 Å². The average Bonchev–Trinajstić information content (AvgIpc) is 2.30. The molecule has 1 rings (SSSR count). The second kappa shape index (κ2) is 6.62. The first-order valence-corrected chi connectivity index (χ1v) is 6.65. The lowest BCUT2D eigenvalue weighted by molar-refractivity contribution is -0.118. The maximum Gasteiger partial charge on any atom is 0.320 e. The number of amides is 2. The molecule has 0 N–H and O–H groups in total. The van der Waals surface area contributed by atoms with Crippen molar-refractivity contribution in [3.63, 3.8) is 0 Å². The van der Waals surface area contributed by atoms with E-state index in [1.807, 2.05) is 23.6 Å². The first-order chi connectivity index (χ1) is 8.10. The molecule has 0 aromatic heterocycles. The number of Topliss-reactive ketones (excluding diaryl/α,β-unsaturated/α-hetero) is 1. The van der Waals surface area contributed by atoms with Crippen LogP contribution in [0.25, 0.3) is 0 Å². The Bertz CT molecular complexity index is 275. The summed E-state index contributed by atoms with van der Waals surface area (Å²) in [6.07, 6.45) is 3.65. The van der Waals surface area contributed by atoms with E-state index in [0.29, 0.717) is 6.42 Å². The molecule has 1 fully saturated rings. The molecule has 1 saturated heterocycles. The normalized spacial score (nSPS) is 20.2. The minimum absolute atomic E-state index is 0.0981. The number of carbonyl (C=O) groups is 2. The standard InChI is InChI=1S/C13H24N2O2/c1-4-14(5-2)13(17)15-9-7-6-8-12(15)10-11(3)16/h12H,4-10H2,1-3H3. The Morgan fingerprint density at radius 2 is 1.88 bits per heavy atom. The summed E-state index contributed by atoms with van der Waals surface area (Å²) in [4.78, 5) is 27.3. The van der Waals surface area contributed by atoms with Crippen molar-refractivity contribution < 1.29 is 9.59 Å². The lowest BCUT2D eigenvalue weighted by Gasteiger charge is -2.38. The van der Waals surface area contributed by atoms with E-state index in [2.05, 4.69) is 0 Å². The highest BCUT2D eigenvalue weighted by molar-refractivity contribution is 5.79. The predicted molar refractivity (Wildman–Crippen MR) is 68.0 cm³/mol. The largest absolute Gasteiger partial charge is 0.325 e. The maximum absolute atomic E-state index is 12.3. The van der Waals surface area contributed by atoms with Gasteiger partial charge in [0.05, 0.1) is 0 Å². The Labute approximate surface area is 104 Å². The molecule has 0 aliphatic carbocycles. The SMILES string of the molecule is CCN(CC)C(=O)N1CCCCC1CC(C)=O. The van der Waals surface area contributed by atoms with Gasteiger partial charge in [0.2, 0.25) is 0 Å². The zero-order chi connectivity index (χ0) is 12.8. The van der Waals surface area contributed by atoms with Crippen LogP contribution in [0.3, 0.4) is 0 Å². The van der Waals surface area contributed by atoms with Gasteiger partial charge in [-0.25, -0.2) is 4.79 Å². The van der Waals surface area contributed by atoms with E-state index in [0.717, 1.165) is 38.9 Å². The Morgan fingerprint density at radius 3 is 2.41 bits per heavy atom. The molecule has 0 bridgehead atoms. The molecule has 4 nitrogen and oxygen atoms in total. The number of nitrogens with zero attached hydrogens (tertiary/aromatic N) is 2. The first-order valence-electron chi connectivity index (χ1n) is 6.65. The van der Waals surface area contributed by atoms with E-state index in [1.165, 1.54) is 0 Å². The van der Waals surface area contributed by atoms with Crippen molar-refractivity contribution in [2.45, 2.75) is 52.5 Å². The summed E-state index contributed by atoms with van der Waals surface area (Å²) in [6.45, 7) is 7.86. The highest BCUT2D eigenvalue weighted by Crippen LogP contribution is 2.21. The van der Waals surface area contributed by atoms with Gasteiger partial charge in [0.15, 0.2) is 0 Å². The second-order valence-electron chi connectivity index (χ2n) is 4.70. The lowest BCUT2D eigenvalue weighted by atomic mass is 9.98. The summed E-state index contributed by atoms with van der Waals surface area (Å²) in [5.74, 6) is 0.175. The molecule has 1 unspecified atom stereocenters. The van der Waals surface area contributed by atoms with Gasteiger partial charge in [-0.05, 0) is 40.0 Å². The fraction of sp³-hybridized carbons (Fsp3) is 0.846. The molecule has 0 saturated carbocycles. The van der Waals surface area contributed by atoms with Crippen LogP contribution in [0.5, 0.6) is 0 Å². The molecule has 98 valence electrons. The van der Waals surface area contributed by atoms with Gasteiger partial charge < -0.3 is 9.80 Å². The minimum atomic E-state index is 0.0981. The second-order valence-corrected chi connectivity index (χ2v) is 4.70. The molecule has 1 aliphatic heterocycles. The van der Waals surface area contributed by atoms with E-state index in [4.69, 9.17) is 0 Å². The fourth-order valence-electron chi connectivity index (χ4n) is 2.47. The number of rotatable bonds is 4. The molecule has 1 heterocycles. The van der Waals surface area contributed by atoms with Gasteiger partial charge in [0.1, 0.15) is 5.78 Å². The molecule has 0 radical (unpaired) electrons. The predicted octanol–water partition coefficient (Wildman–Crippen LogP) is 2.28. The van der Waals surface area contributed by atoms with Gasteiger partial charge in [-0.2, -0.15) is 0 Å². The molecule has 1 atom stereocenters. The van der Waals surface area contributed by atoms with Crippen LogP contribution in [-0.2, 0) is 4.79 Å². The average molecular weight is 240 g/mol. The number of likely N-dealkylation sites (tertiary alicyclic amines) is 1. The van der Waals surface area contributed by atoms with Gasteiger partial charge in [-0.15, -0.1) is 0 Å². The summed E-state index contributed by atoms with van der Waals surface area (Å²) in [7, 11) is 0. The van der Waals surface area contributed by atoms with Crippen LogP contribution in [0.2, 0.25) is 0 Å². The van der Waals surface area contributed by atoms with Crippen molar-refractivity contribution in [3.8, 4) is 0 Å². The molecular formula is C13H24N2O2. The molecular weight excluding hydrogens is 216 g/mol. The highest BCUT2D eigenvalue weighted by Gasteiger charge is 2.29. The molecule has 4 heteroatoms. The van der Waals surface area contributed by atoms with Crippen LogP contribution >= 0.6 is 0 Å². The van der Waals surface area contributed by atoms with Gasteiger partial charge in [-0.1, -0.05) is 0 Å². The number of urea groups is 1. The van der Waals surface area contributed by atoms with Crippen molar-refractivity contribution in [2.75, 3.05) is 19.6 Å². The zero-order valence-corrected chi connectivity index (χ0v) is 11.2. The minimum Gasteiger partial charge on any atom is -0.325 e.